The van der Waals surface area contributed by atoms with Gasteiger partial charge in [0.25, 0.3) is 0 Å². The van der Waals surface area contributed by atoms with Crippen molar-refractivity contribution in [2.45, 2.75) is 30.6 Å². The van der Waals surface area contributed by atoms with Crippen LogP contribution in [0, 0.1) is 0 Å². The highest BCUT2D eigenvalue weighted by atomic mass is 32.2. The maximum Gasteiger partial charge on any atom is 0.326 e. The normalized spacial score (nSPS) is 19.5. The molecule has 0 saturated carbocycles. The summed E-state index contributed by atoms with van der Waals surface area (Å²) in [7, 11) is 0. The van der Waals surface area contributed by atoms with Crippen LogP contribution in [0.1, 0.15) is 18.5 Å². The van der Waals surface area contributed by atoms with Crippen LogP contribution in [0.15, 0.2) is 12.5 Å². The van der Waals surface area contributed by atoms with Crippen molar-refractivity contribution >= 4 is 23.8 Å². The first-order valence-corrected chi connectivity index (χ1v) is 7.56. The minimum Gasteiger partial charge on any atom is -0.480 e. The van der Waals surface area contributed by atoms with Gasteiger partial charge in [0.2, 0.25) is 0 Å². The van der Waals surface area contributed by atoms with Crippen LogP contribution in [0.4, 0.5) is 4.79 Å². The van der Waals surface area contributed by atoms with Crippen LogP contribution in [0.25, 0.3) is 0 Å². The second kappa shape index (κ2) is 7.18. The van der Waals surface area contributed by atoms with Crippen molar-refractivity contribution in [2.24, 2.45) is 0 Å². The van der Waals surface area contributed by atoms with E-state index in [1.807, 2.05) is 11.8 Å². The molecule has 2 amide bonds. The lowest BCUT2D eigenvalue weighted by atomic mass is 10.2. The number of aliphatic carboxylic acids is 1. The van der Waals surface area contributed by atoms with Crippen molar-refractivity contribution in [1.29, 1.82) is 0 Å². The van der Waals surface area contributed by atoms with E-state index in [4.69, 9.17) is 5.11 Å². The number of imidazole rings is 1. The Hall–Kier alpha value is -1.70. The zero-order valence-electron chi connectivity index (χ0n) is 11.0. The number of rotatable bonds is 6. The molecular formula is C12H18N4O3S. The summed E-state index contributed by atoms with van der Waals surface area (Å²) in [6, 6.07) is -1.41. The molecule has 2 heterocycles. The molecule has 20 heavy (non-hydrogen) atoms. The fourth-order valence-corrected chi connectivity index (χ4v) is 3.24. The van der Waals surface area contributed by atoms with Crippen LogP contribution >= 0.6 is 11.8 Å². The quantitative estimate of drug-likeness (QED) is 0.615. The molecule has 110 valence electrons. The van der Waals surface area contributed by atoms with Crippen molar-refractivity contribution in [3.63, 3.8) is 0 Å². The molecule has 1 aromatic rings. The number of nitrogens with one attached hydrogen (secondary N) is 3. The molecule has 1 aliphatic heterocycles. The largest absolute Gasteiger partial charge is 0.480 e. The first-order chi connectivity index (χ1) is 9.65. The maximum absolute atomic E-state index is 11.7. The average molecular weight is 298 g/mol. The third kappa shape index (κ3) is 4.44. The van der Waals surface area contributed by atoms with E-state index in [1.165, 1.54) is 12.7 Å². The van der Waals surface area contributed by atoms with Gasteiger partial charge in [0, 0.05) is 30.1 Å². The summed E-state index contributed by atoms with van der Waals surface area (Å²) in [5, 5.41) is 14.8. The van der Waals surface area contributed by atoms with Gasteiger partial charge in [0.1, 0.15) is 6.04 Å². The first-order valence-electron chi connectivity index (χ1n) is 6.51. The van der Waals surface area contributed by atoms with Crippen LogP contribution in [-0.2, 0) is 11.2 Å². The highest BCUT2D eigenvalue weighted by molar-refractivity contribution is 8.00. The fraction of sp³-hybridized carbons (Fsp3) is 0.583. The molecule has 1 saturated heterocycles. The number of carboxylic acids is 1. The van der Waals surface area contributed by atoms with E-state index >= 15 is 0 Å². The Morgan fingerprint density at radius 1 is 1.60 bits per heavy atom. The number of H-pyrrole nitrogens is 1. The van der Waals surface area contributed by atoms with Gasteiger partial charge < -0.3 is 20.7 Å². The summed E-state index contributed by atoms with van der Waals surface area (Å²) < 4.78 is 0. The Bertz CT molecular complexity index is 446. The van der Waals surface area contributed by atoms with Gasteiger partial charge in [-0.15, -0.1) is 0 Å². The molecule has 0 aromatic carbocycles. The second-order valence-electron chi connectivity index (χ2n) is 4.66. The summed E-state index contributed by atoms with van der Waals surface area (Å²) in [4.78, 5) is 29.5. The Kier molecular flexibility index (Phi) is 5.28. The van der Waals surface area contributed by atoms with E-state index in [-0.39, 0.29) is 6.42 Å². The number of thioether (sulfide) groups is 1. The highest BCUT2D eigenvalue weighted by Crippen LogP contribution is 2.25. The number of carbonyl (C=O) groups is 2. The average Bonchev–Trinajstić information content (AvgIpc) is 3.08. The molecular weight excluding hydrogens is 280 g/mol. The lowest BCUT2D eigenvalue weighted by Crippen LogP contribution is -2.48. The van der Waals surface area contributed by atoms with Crippen LogP contribution in [0.5, 0.6) is 0 Å². The van der Waals surface area contributed by atoms with E-state index in [0.717, 1.165) is 12.2 Å². The molecule has 0 aliphatic carbocycles. The first kappa shape index (κ1) is 14.7. The number of carbonyl (C=O) groups excluding carboxylic acids is 1. The molecule has 0 radical (unpaired) electrons. The third-order valence-electron chi connectivity index (χ3n) is 3.10. The summed E-state index contributed by atoms with van der Waals surface area (Å²) in [6.07, 6.45) is 5.48. The van der Waals surface area contributed by atoms with E-state index < -0.39 is 18.0 Å². The molecule has 1 unspecified atom stereocenters. The predicted octanol–water partition coefficient (Wildman–Crippen LogP) is 0.600. The van der Waals surface area contributed by atoms with Crippen molar-refractivity contribution in [2.75, 3.05) is 12.3 Å². The van der Waals surface area contributed by atoms with E-state index in [1.54, 1.807) is 6.20 Å². The van der Waals surface area contributed by atoms with Crippen molar-refractivity contribution in [1.82, 2.24) is 20.6 Å². The van der Waals surface area contributed by atoms with Crippen LogP contribution < -0.4 is 10.6 Å². The molecule has 7 nitrogen and oxygen atoms in total. The Labute approximate surface area is 120 Å². The molecule has 8 heteroatoms. The zero-order chi connectivity index (χ0) is 14.4. The van der Waals surface area contributed by atoms with Gasteiger partial charge in [-0.05, 0) is 18.6 Å². The molecule has 1 aromatic heterocycles. The van der Waals surface area contributed by atoms with Crippen LogP contribution in [-0.4, -0.2) is 50.7 Å². The molecule has 1 fully saturated rings. The van der Waals surface area contributed by atoms with Gasteiger partial charge >= 0.3 is 12.0 Å². The van der Waals surface area contributed by atoms with Crippen LogP contribution in [0.2, 0.25) is 0 Å². The minimum atomic E-state index is -1.06. The number of carboxylic acid groups (broad SMARTS) is 1. The number of aromatic amines is 1. The number of amides is 2. The smallest absolute Gasteiger partial charge is 0.326 e. The number of aromatic nitrogens is 2. The Balaban J connectivity index is 1.78. The summed E-state index contributed by atoms with van der Waals surface area (Å²) in [5.41, 5.74) is 0.670. The second-order valence-corrected chi connectivity index (χ2v) is 6.07. The lowest BCUT2D eigenvalue weighted by Gasteiger charge is -2.16. The van der Waals surface area contributed by atoms with Gasteiger partial charge in [-0.25, -0.2) is 14.6 Å². The minimum absolute atomic E-state index is 0.181. The van der Waals surface area contributed by atoms with E-state index in [0.29, 0.717) is 17.5 Å². The predicted molar refractivity (Wildman–Crippen MR) is 75.7 cm³/mol. The topological polar surface area (TPSA) is 107 Å². The number of nitrogens with zero attached hydrogens (tertiary/aromatic N) is 1. The third-order valence-corrected chi connectivity index (χ3v) is 4.49. The number of hydrogen-bond acceptors (Lipinski definition) is 4. The molecule has 2 atom stereocenters. The Morgan fingerprint density at radius 3 is 3.05 bits per heavy atom. The van der Waals surface area contributed by atoms with Crippen LogP contribution in [0.3, 0.4) is 0 Å². The van der Waals surface area contributed by atoms with Gasteiger partial charge in [-0.3, -0.25) is 0 Å². The standard InChI is InChI=1S/C12H18N4O3S/c17-11(18)10(4-8-5-13-7-15-8)16-12(19)14-6-9-2-1-3-20-9/h5,7,9-10H,1-4,6H2,(H,13,15)(H,17,18)(H2,14,16,19)/t9?,10-/m0/s1. The van der Waals surface area contributed by atoms with E-state index in [9.17, 15) is 9.59 Å². The van der Waals surface area contributed by atoms with Gasteiger partial charge in [-0.1, -0.05) is 0 Å². The maximum atomic E-state index is 11.7. The van der Waals surface area contributed by atoms with Crippen molar-refractivity contribution in [3.05, 3.63) is 18.2 Å². The van der Waals surface area contributed by atoms with Gasteiger partial charge in [0.15, 0.2) is 0 Å². The fourth-order valence-electron chi connectivity index (χ4n) is 2.04. The van der Waals surface area contributed by atoms with E-state index in [2.05, 4.69) is 20.6 Å². The molecule has 0 spiro atoms. The SMILES string of the molecule is O=C(NCC1CCCS1)N[C@@H](Cc1cnc[nH]1)C(=O)O. The molecule has 4 N–H and O–H groups in total. The highest BCUT2D eigenvalue weighted by Gasteiger charge is 2.22. The van der Waals surface area contributed by atoms with Gasteiger partial charge in [-0.2, -0.15) is 11.8 Å². The summed E-state index contributed by atoms with van der Waals surface area (Å²) >= 11 is 1.84. The summed E-state index contributed by atoms with van der Waals surface area (Å²) in [6.45, 7) is 0.576. The Morgan fingerprint density at radius 2 is 2.45 bits per heavy atom. The molecule has 0 bridgehead atoms. The van der Waals surface area contributed by atoms with Crippen molar-refractivity contribution in [3.8, 4) is 0 Å². The molecule has 1 aliphatic rings. The number of hydrogen-bond donors (Lipinski definition) is 4. The lowest BCUT2D eigenvalue weighted by molar-refractivity contribution is -0.139. The summed E-state index contributed by atoms with van der Waals surface area (Å²) in [5.74, 6) is 0.0657. The monoisotopic (exact) mass is 298 g/mol. The number of urea groups is 1. The molecule has 2 rings (SSSR count). The zero-order valence-corrected chi connectivity index (χ0v) is 11.8. The van der Waals surface area contributed by atoms with Gasteiger partial charge in [0.05, 0.1) is 6.33 Å². The van der Waals surface area contributed by atoms with Crippen molar-refractivity contribution < 1.29 is 14.7 Å².